The number of ether oxygens (including phenoxy) is 2. The molecule has 0 unspecified atom stereocenters. The number of nitro groups is 1. The normalized spacial score (nSPS) is 12.3. The van der Waals surface area contributed by atoms with E-state index in [4.69, 9.17) is 9.47 Å². The Morgan fingerprint density at radius 3 is 2.61 bits per heavy atom. The number of sulfone groups is 1. The van der Waals surface area contributed by atoms with Crippen molar-refractivity contribution in [2.45, 2.75) is 13.0 Å². The van der Waals surface area contributed by atoms with Crippen LogP contribution in [0.1, 0.15) is 18.5 Å². The number of rotatable bonds is 9. The van der Waals surface area contributed by atoms with Crippen molar-refractivity contribution in [1.29, 1.82) is 0 Å². The van der Waals surface area contributed by atoms with Gasteiger partial charge in [0.05, 0.1) is 42.7 Å². The van der Waals surface area contributed by atoms with E-state index in [1.165, 1.54) is 7.11 Å². The van der Waals surface area contributed by atoms with Crippen LogP contribution in [0.15, 0.2) is 30.5 Å². The van der Waals surface area contributed by atoms with Gasteiger partial charge in [0, 0.05) is 6.26 Å². The average molecular weight is 413 g/mol. The third kappa shape index (κ3) is 5.52. The highest BCUT2D eigenvalue weighted by Gasteiger charge is 2.24. The molecule has 0 spiro atoms. The molecule has 2 rings (SSSR count). The monoisotopic (exact) mass is 413 g/mol. The lowest BCUT2D eigenvalue weighted by Crippen LogP contribution is -2.22. The molecule has 28 heavy (non-hydrogen) atoms. The second kappa shape index (κ2) is 8.83. The van der Waals surface area contributed by atoms with E-state index in [1.807, 2.05) is 0 Å². The average Bonchev–Trinajstić information content (AvgIpc) is 2.61. The van der Waals surface area contributed by atoms with Crippen LogP contribution in [0.3, 0.4) is 0 Å². The molecule has 1 atom stereocenters. The Bertz CT molecular complexity index is 967. The van der Waals surface area contributed by atoms with Gasteiger partial charge in [0.15, 0.2) is 11.5 Å². The van der Waals surface area contributed by atoms with Crippen LogP contribution in [0.5, 0.6) is 11.5 Å². The number of aromatic nitrogens is 1. The molecule has 0 aliphatic carbocycles. The number of nitrogens with one attached hydrogen (secondary N) is 1. The van der Waals surface area contributed by atoms with E-state index in [1.54, 1.807) is 25.1 Å². The fourth-order valence-corrected chi connectivity index (χ4v) is 3.43. The Morgan fingerprint density at radius 2 is 2.04 bits per heavy atom. The van der Waals surface area contributed by atoms with Gasteiger partial charge in [-0.1, -0.05) is 6.07 Å². The predicted octanol–water partition coefficient (Wildman–Crippen LogP) is 2.73. The second-order valence-corrected chi connectivity index (χ2v) is 8.10. The SMILES string of the molecule is CCOc1cc([C@@H](CS(C)(=O)=O)Nc2ncc(F)cc2[N+](=O)[O-])ccc1OC. The molecule has 0 amide bonds. The van der Waals surface area contributed by atoms with Gasteiger partial charge in [-0.2, -0.15) is 0 Å². The maximum atomic E-state index is 13.3. The maximum Gasteiger partial charge on any atom is 0.314 e. The van der Waals surface area contributed by atoms with Crippen molar-refractivity contribution in [2.24, 2.45) is 0 Å². The molecule has 0 radical (unpaired) electrons. The highest BCUT2D eigenvalue weighted by Crippen LogP contribution is 2.33. The number of anilines is 1. The van der Waals surface area contributed by atoms with E-state index >= 15 is 0 Å². The minimum absolute atomic E-state index is 0.242. The van der Waals surface area contributed by atoms with Gasteiger partial charge in [-0.3, -0.25) is 10.1 Å². The molecule has 0 bridgehead atoms. The molecular formula is C17H20FN3O6S. The van der Waals surface area contributed by atoms with Crippen LogP contribution in [0.4, 0.5) is 15.9 Å². The number of pyridine rings is 1. The van der Waals surface area contributed by atoms with Crippen molar-refractivity contribution in [3.63, 3.8) is 0 Å². The molecule has 0 fully saturated rings. The Hall–Kier alpha value is -2.95. The Morgan fingerprint density at radius 1 is 1.32 bits per heavy atom. The first-order valence-electron chi connectivity index (χ1n) is 8.19. The molecule has 1 aromatic heterocycles. The van der Waals surface area contributed by atoms with E-state index in [0.717, 1.165) is 12.5 Å². The van der Waals surface area contributed by atoms with Gasteiger partial charge in [0.2, 0.25) is 5.82 Å². The summed E-state index contributed by atoms with van der Waals surface area (Å²) >= 11 is 0. The fraction of sp³-hybridized carbons (Fsp3) is 0.353. The third-order valence-electron chi connectivity index (χ3n) is 3.70. The molecule has 11 heteroatoms. The first-order valence-corrected chi connectivity index (χ1v) is 10.3. The van der Waals surface area contributed by atoms with Crippen molar-refractivity contribution in [3.8, 4) is 11.5 Å². The zero-order valence-corrected chi connectivity index (χ0v) is 16.3. The quantitative estimate of drug-likeness (QED) is 0.492. The number of nitrogens with zero attached hydrogens (tertiary/aromatic N) is 2. The predicted molar refractivity (Wildman–Crippen MR) is 101 cm³/mol. The van der Waals surface area contributed by atoms with Crippen molar-refractivity contribution >= 4 is 21.3 Å². The van der Waals surface area contributed by atoms with Crippen molar-refractivity contribution in [3.05, 3.63) is 52.0 Å². The minimum Gasteiger partial charge on any atom is -0.493 e. The van der Waals surface area contributed by atoms with Crippen LogP contribution in [0, 0.1) is 15.9 Å². The van der Waals surface area contributed by atoms with Gasteiger partial charge >= 0.3 is 5.69 Å². The highest BCUT2D eigenvalue weighted by molar-refractivity contribution is 7.90. The summed E-state index contributed by atoms with van der Waals surface area (Å²) in [4.78, 5) is 14.1. The van der Waals surface area contributed by atoms with Crippen molar-refractivity contribution in [1.82, 2.24) is 4.98 Å². The fourth-order valence-electron chi connectivity index (χ4n) is 2.55. The van der Waals surface area contributed by atoms with Gasteiger partial charge in [0.25, 0.3) is 0 Å². The standard InChI is InChI=1S/C17H20FN3O6S/c1-4-27-16-7-11(5-6-15(16)26-2)13(10-28(3,24)25)20-17-14(21(22)23)8-12(18)9-19-17/h5-9,13H,4,10H2,1-3H3,(H,19,20)/t13-/m1/s1. The van der Waals surface area contributed by atoms with Gasteiger partial charge in [-0.25, -0.2) is 17.8 Å². The summed E-state index contributed by atoms with van der Waals surface area (Å²) in [5.74, 6) is -0.644. The molecule has 152 valence electrons. The smallest absolute Gasteiger partial charge is 0.314 e. The number of hydrogen-bond donors (Lipinski definition) is 1. The largest absolute Gasteiger partial charge is 0.493 e. The van der Waals surface area contributed by atoms with Crippen LogP contribution in [0.25, 0.3) is 0 Å². The number of hydrogen-bond acceptors (Lipinski definition) is 8. The first-order chi connectivity index (χ1) is 13.1. The number of halogens is 1. The van der Waals surface area contributed by atoms with E-state index in [-0.39, 0.29) is 11.6 Å². The van der Waals surface area contributed by atoms with Crippen LogP contribution >= 0.6 is 0 Å². The van der Waals surface area contributed by atoms with Gasteiger partial charge in [-0.05, 0) is 24.6 Å². The minimum atomic E-state index is -3.48. The Balaban J connectivity index is 2.50. The molecule has 0 saturated heterocycles. The number of benzene rings is 1. The molecular weight excluding hydrogens is 393 g/mol. The lowest BCUT2D eigenvalue weighted by atomic mass is 10.1. The van der Waals surface area contributed by atoms with E-state index in [2.05, 4.69) is 10.3 Å². The Kier molecular flexibility index (Phi) is 6.73. The molecule has 0 aliphatic rings. The van der Waals surface area contributed by atoms with Gasteiger partial charge in [0.1, 0.15) is 15.7 Å². The maximum absolute atomic E-state index is 13.3. The summed E-state index contributed by atoms with van der Waals surface area (Å²) in [6.07, 6.45) is 1.85. The summed E-state index contributed by atoms with van der Waals surface area (Å²) in [6, 6.07) is 4.62. The lowest BCUT2D eigenvalue weighted by Gasteiger charge is -2.20. The van der Waals surface area contributed by atoms with E-state index in [9.17, 15) is 22.9 Å². The van der Waals surface area contributed by atoms with Crippen molar-refractivity contribution < 1.29 is 27.2 Å². The topological polar surface area (TPSA) is 121 Å². The van der Waals surface area contributed by atoms with Gasteiger partial charge in [-0.15, -0.1) is 0 Å². The zero-order valence-electron chi connectivity index (χ0n) is 15.5. The first kappa shape index (κ1) is 21.4. The summed E-state index contributed by atoms with van der Waals surface area (Å²) in [5, 5.41) is 13.9. The van der Waals surface area contributed by atoms with Gasteiger partial charge < -0.3 is 14.8 Å². The summed E-state index contributed by atoms with van der Waals surface area (Å²) in [7, 11) is -2.01. The molecule has 1 N–H and O–H groups in total. The van der Waals surface area contributed by atoms with Crippen LogP contribution in [-0.4, -0.2) is 44.1 Å². The van der Waals surface area contributed by atoms with E-state index < -0.39 is 32.3 Å². The van der Waals surface area contributed by atoms with E-state index in [0.29, 0.717) is 29.7 Å². The molecule has 0 aliphatic heterocycles. The van der Waals surface area contributed by atoms with Crippen LogP contribution in [-0.2, 0) is 9.84 Å². The Labute approximate surface area is 161 Å². The molecule has 1 heterocycles. The summed E-state index contributed by atoms with van der Waals surface area (Å²) in [6.45, 7) is 2.14. The van der Waals surface area contributed by atoms with Crippen molar-refractivity contribution in [2.75, 3.05) is 31.0 Å². The highest BCUT2D eigenvalue weighted by atomic mass is 32.2. The summed E-state index contributed by atoms with van der Waals surface area (Å²) in [5.41, 5.74) is -0.118. The molecule has 2 aromatic rings. The van der Waals surface area contributed by atoms with Crippen LogP contribution in [0.2, 0.25) is 0 Å². The molecule has 9 nitrogen and oxygen atoms in total. The van der Waals surface area contributed by atoms with Crippen LogP contribution < -0.4 is 14.8 Å². The summed E-state index contributed by atoms with van der Waals surface area (Å²) < 4.78 is 47.9. The second-order valence-electron chi connectivity index (χ2n) is 5.91. The molecule has 0 saturated carbocycles. The molecule has 1 aromatic carbocycles. The lowest BCUT2D eigenvalue weighted by molar-refractivity contribution is -0.384. The number of methoxy groups -OCH3 is 1. The zero-order chi connectivity index (χ0) is 20.9. The third-order valence-corrected chi connectivity index (χ3v) is 4.64.